The van der Waals surface area contributed by atoms with Crippen LogP contribution in [-0.2, 0) is 9.47 Å². The zero-order valence-corrected chi connectivity index (χ0v) is 10.7. The normalized spacial score (nSPS) is 16.9. The fraction of sp³-hybridized carbons (Fsp3) is 0.467. The lowest BCUT2D eigenvalue weighted by Gasteiger charge is -2.17. The van der Waals surface area contributed by atoms with E-state index in [9.17, 15) is 0 Å². The molecule has 17 heavy (non-hydrogen) atoms. The third-order valence-corrected chi connectivity index (χ3v) is 3.21. The summed E-state index contributed by atoms with van der Waals surface area (Å²) < 4.78 is 10.6. The number of rotatable bonds is 4. The van der Waals surface area contributed by atoms with E-state index in [1.165, 1.54) is 11.1 Å². The van der Waals surface area contributed by atoms with Crippen molar-refractivity contribution in [1.29, 1.82) is 0 Å². The highest BCUT2D eigenvalue weighted by molar-refractivity contribution is 5.28. The molecule has 1 atom stereocenters. The summed E-state index contributed by atoms with van der Waals surface area (Å²) in [6.07, 6.45) is 3.99. The van der Waals surface area contributed by atoms with Gasteiger partial charge in [0.1, 0.15) is 12.5 Å². The minimum Gasteiger partial charge on any atom is -0.459 e. The van der Waals surface area contributed by atoms with E-state index < -0.39 is 0 Å². The summed E-state index contributed by atoms with van der Waals surface area (Å²) in [4.78, 5) is 0. The Morgan fingerprint density at radius 2 is 1.71 bits per heavy atom. The van der Waals surface area contributed by atoms with Crippen molar-refractivity contribution < 1.29 is 9.47 Å². The van der Waals surface area contributed by atoms with Crippen molar-refractivity contribution >= 4 is 0 Å². The van der Waals surface area contributed by atoms with Crippen molar-refractivity contribution in [3.8, 4) is 0 Å². The number of ether oxygens (including phenoxy) is 2. The molecular weight excluding hydrogens is 212 g/mol. The molecule has 0 saturated heterocycles. The van der Waals surface area contributed by atoms with Crippen LogP contribution in [0.2, 0.25) is 0 Å². The molecule has 0 aliphatic carbocycles. The van der Waals surface area contributed by atoms with Gasteiger partial charge in [-0.05, 0) is 23.0 Å². The van der Waals surface area contributed by atoms with Gasteiger partial charge in [-0.1, -0.05) is 45.0 Å². The fourth-order valence-corrected chi connectivity index (χ4v) is 2.03. The quantitative estimate of drug-likeness (QED) is 0.776. The lowest BCUT2D eigenvalue weighted by atomic mass is 9.93. The summed E-state index contributed by atoms with van der Waals surface area (Å²) in [6, 6.07) is 8.79. The summed E-state index contributed by atoms with van der Waals surface area (Å²) in [7, 11) is 0. The van der Waals surface area contributed by atoms with Gasteiger partial charge < -0.3 is 9.47 Å². The Bertz CT molecular complexity index is 388. The highest BCUT2D eigenvalue weighted by Crippen LogP contribution is 2.26. The highest BCUT2D eigenvalue weighted by Gasteiger charge is 2.18. The monoisotopic (exact) mass is 232 g/mol. The second-order valence-electron chi connectivity index (χ2n) is 4.94. The minimum absolute atomic E-state index is 0.118. The third-order valence-electron chi connectivity index (χ3n) is 3.21. The molecular formula is C15H20O2. The van der Waals surface area contributed by atoms with Crippen LogP contribution in [0.25, 0.3) is 0 Å². The molecule has 0 aromatic heterocycles. The smallest absolute Gasteiger partial charge is 0.240 e. The first-order valence-electron chi connectivity index (χ1n) is 6.22. The van der Waals surface area contributed by atoms with E-state index >= 15 is 0 Å². The van der Waals surface area contributed by atoms with Crippen LogP contribution in [0.15, 0.2) is 36.8 Å². The van der Waals surface area contributed by atoms with Gasteiger partial charge >= 0.3 is 0 Å². The molecule has 0 fully saturated rings. The van der Waals surface area contributed by atoms with Gasteiger partial charge in [0.2, 0.25) is 6.29 Å². The van der Waals surface area contributed by atoms with Crippen LogP contribution in [0, 0.1) is 0 Å². The van der Waals surface area contributed by atoms with E-state index in [0.717, 1.165) is 6.42 Å². The second-order valence-corrected chi connectivity index (χ2v) is 4.94. The van der Waals surface area contributed by atoms with Gasteiger partial charge in [-0.15, -0.1) is 0 Å². The molecule has 1 aliphatic rings. The Balaban J connectivity index is 2.02. The van der Waals surface area contributed by atoms with Gasteiger partial charge in [0.05, 0.1) is 0 Å². The first-order chi connectivity index (χ1) is 8.16. The molecule has 2 rings (SSSR count). The summed E-state index contributed by atoms with van der Waals surface area (Å²) in [5, 5.41) is 0. The van der Waals surface area contributed by atoms with E-state index in [1.807, 2.05) is 0 Å². The summed E-state index contributed by atoms with van der Waals surface area (Å²) in [5.41, 5.74) is 2.75. The van der Waals surface area contributed by atoms with E-state index in [0.29, 0.717) is 11.8 Å². The molecule has 0 spiro atoms. The van der Waals surface area contributed by atoms with E-state index in [4.69, 9.17) is 9.47 Å². The molecule has 0 N–H and O–H groups in total. The van der Waals surface area contributed by atoms with Crippen molar-refractivity contribution in [2.75, 3.05) is 0 Å². The van der Waals surface area contributed by atoms with Crippen LogP contribution in [0.4, 0.5) is 0 Å². The van der Waals surface area contributed by atoms with Crippen LogP contribution in [0.3, 0.4) is 0 Å². The average molecular weight is 232 g/mol. The zero-order chi connectivity index (χ0) is 12.3. The van der Waals surface area contributed by atoms with Gasteiger partial charge in [-0.2, -0.15) is 0 Å². The number of hydrogen-bond acceptors (Lipinski definition) is 2. The average Bonchev–Trinajstić information content (AvgIpc) is 2.82. The predicted octanol–water partition coefficient (Wildman–Crippen LogP) is 4.15. The van der Waals surface area contributed by atoms with Crippen LogP contribution in [-0.4, -0.2) is 6.29 Å². The Kier molecular flexibility index (Phi) is 3.72. The predicted molar refractivity (Wildman–Crippen MR) is 68.7 cm³/mol. The zero-order valence-electron chi connectivity index (χ0n) is 10.7. The van der Waals surface area contributed by atoms with Gasteiger partial charge in [0, 0.05) is 6.42 Å². The second kappa shape index (κ2) is 5.26. The SMILES string of the molecule is CC(C)c1cccc(C(C)CC2OC=CO2)c1. The molecule has 92 valence electrons. The highest BCUT2D eigenvalue weighted by atomic mass is 16.7. The van der Waals surface area contributed by atoms with Crippen molar-refractivity contribution in [2.24, 2.45) is 0 Å². The maximum absolute atomic E-state index is 5.32. The Labute approximate surface area is 103 Å². The van der Waals surface area contributed by atoms with Gasteiger partial charge in [0.25, 0.3) is 0 Å². The first kappa shape index (κ1) is 12.0. The molecule has 1 aliphatic heterocycles. The van der Waals surface area contributed by atoms with Gasteiger partial charge in [0.15, 0.2) is 0 Å². The Hall–Kier alpha value is -1.44. The van der Waals surface area contributed by atoms with Gasteiger partial charge in [-0.3, -0.25) is 0 Å². The molecule has 0 amide bonds. The van der Waals surface area contributed by atoms with Crippen molar-refractivity contribution in [1.82, 2.24) is 0 Å². The van der Waals surface area contributed by atoms with E-state index in [1.54, 1.807) is 12.5 Å². The maximum atomic E-state index is 5.32. The van der Waals surface area contributed by atoms with E-state index in [-0.39, 0.29) is 6.29 Å². The summed E-state index contributed by atoms with van der Waals surface area (Å²) >= 11 is 0. The number of hydrogen-bond donors (Lipinski definition) is 0. The Morgan fingerprint density at radius 1 is 1.06 bits per heavy atom. The van der Waals surface area contributed by atoms with Crippen molar-refractivity contribution in [3.05, 3.63) is 47.9 Å². The molecule has 2 nitrogen and oxygen atoms in total. The topological polar surface area (TPSA) is 18.5 Å². The molecule has 1 unspecified atom stereocenters. The summed E-state index contributed by atoms with van der Waals surface area (Å²) in [6.45, 7) is 6.65. The molecule has 1 heterocycles. The van der Waals surface area contributed by atoms with Crippen LogP contribution in [0.1, 0.15) is 50.2 Å². The van der Waals surface area contributed by atoms with Crippen LogP contribution >= 0.6 is 0 Å². The lowest BCUT2D eigenvalue weighted by Crippen LogP contribution is -2.11. The van der Waals surface area contributed by atoms with Crippen molar-refractivity contribution in [2.45, 2.75) is 45.3 Å². The third kappa shape index (κ3) is 3.02. The summed E-state index contributed by atoms with van der Waals surface area (Å²) in [5.74, 6) is 1.02. The van der Waals surface area contributed by atoms with E-state index in [2.05, 4.69) is 45.0 Å². The molecule has 0 saturated carbocycles. The molecule has 1 aromatic carbocycles. The van der Waals surface area contributed by atoms with Crippen LogP contribution < -0.4 is 0 Å². The van der Waals surface area contributed by atoms with Gasteiger partial charge in [-0.25, -0.2) is 0 Å². The first-order valence-corrected chi connectivity index (χ1v) is 6.22. The molecule has 2 heteroatoms. The lowest BCUT2D eigenvalue weighted by molar-refractivity contribution is -0.0317. The Morgan fingerprint density at radius 3 is 2.35 bits per heavy atom. The fourth-order valence-electron chi connectivity index (χ4n) is 2.03. The van der Waals surface area contributed by atoms with Crippen molar-refractivity contribution in [3.63, 3.8) is 0 Å². The minimum atomic E-state index is -0.118. The maximum Gasteiger partial charge on any atom is 0.240 e. The largest absolute Gasteiger partial charge is 0.459 e. The number of benzene rings is 1. The molecule has 0 radical (unpaired) electrons. The molecule has 0 bridgehead atoms. The molecule has 1 aromatic rings. The van der Waals surface area contributed by atoms with Crippen LogP contribution in [0.5, 0.6) is 0 Å². The standard InChI is InChI=1S/C15H20O2/c1-11(2)13-5-4-6-14(10-13)12(3)9-15-16-7-8-17-15/h4-8,10-12,15H,9H2,1-3H3.